The Morgan fingerprint density at radius 3 is 2.87 bits per heavy atom. The van der Waals surface area contributed by atoms with Gasteiger partial charge in [0.05, 0.1) is 22.8 Å². The number of benzene rings is 1. The normalized spacial score (nSPS) is 18.7. The lowest BCUT2D eigenvalue weighted by molar-refractivity contribution is -0.142. The molecule has 2 aromatic heterocycles. The molecule has 30 heavy (non-hydrogen) atoms. The highest BCUT2D eigenvalue weighted by molar-refractivity contribution is 6.32. The van der Waals surface area contributed by atoms with Crippen LogP contribution in [0.15, 0.2) is 59.7 Å². The molecule has 1 aliphatic carbocycles. The van der Waals surface area contributed by atoms with Crippen molar-refractivity contribution in [2.24, 2.45) is 5.92 Å². The Hall–Kier alpha value is -3.19. The minimum Gasteiger partial charge on any atom is -0.481 e. The molecular formula is C22H21ClN4O3. The van der Waals surface area contributed by atoms with Gasteiger partial charge >= 0.3 is 5.97 Å². The van der Waals surface area contributed by atoms with E-state index in [9.17, 15) is 14.7 Å². The molecule has 1 saturated carbocycles. The Balaban J connectivity index is 1.61. The zero-order chi connectivity index (χ0) is 21.1. The number of pyridine rings is 1. The van der Waals surface area contributed by atoms with Gasteiger partial charge in [-0.2, -0.15) is 0 Å². The fourth-order valence-electron chi connectivity index (χ4n) is 3.81. The number of aromatic nitrogens is 3. The van der Waals surface area contributed by atoms with Crippen LogP contribution in [-0.4, -0.2) is 31.7 Å². The van der Waals surface area contributed by atoms with Gasteiger partial charge in [0.25, 0.3) is 5.56 Å². The van der Waals surface area contributed by atoms with Crippen LogP contribution in [0.2, 0.25) is 5.02 Å². The number of nitrogens with zero attached hydrogens (tertiary/aromatic N) is 3. The maximum atomic E-state index is 12.1. The highest BCUT2D eigenvalue weighted by atomic mass is 35.5. The summed E-state index contributed by atoms with van der Waals surface area (Å²) in [6.07, 6.45) is 6.21. The van der Waals surface area contributed by atoms with Crippen LogP contribution < -0.4 is 10.9 Å². The van der Waals surface area contributed by atoms with Gasteiger partial charge < -0.3 is 10.4 Å². The highest BCUT2D eigenvalue weighted by Crippen LogP contribution is 2.30. The van der Waals surface area contributed by atoms with E-state index in [1.54, 1.807) is 22.9 Å². The fourth-order valence-corrected chi connectivity index (χ4v) is 4.01. The van der Waals surface area contributed by atoms with Crippen molar-refractivity contribution in [3.63, 3.8) is 0 Å². The minimum atomic E-state index is -0.757. The number of aliphatic carboxylic acids is 1. The average molecular weight is 425 g/mol. The summed E-state index contributed by atoms with van der Waals surface area (Å²) in [5.41, 5.74) is 1.88. The van der Waals surface area contributed by atoms with E-state index in [2.05, 4.69) is 15.3 Å². The summed E-state index contributed by atoms with van der Waals surface area (Å²) in [6.45, 7) is 0. The van der Waals surface area contributed by atoms with Crippen molar-refractivity contribution in [1.29, 1.82) is 0 Å². The smallest absolute Gasteiger partial charge is 0.306 e. The Bertz CT molecular complexity index is 1130. The third-order valence-corrected chi connectivity index (χ3v) is 5.60. The second kappa shape index (κ2) is 8.67. The molecule has 0 spiro atoms. The van der Waals surface area contributed by atoms with E-state index in [0.29, 0.717) is 35.2 Å². The first-order valence-corrected chi connectivity index (χ1v) is 10.2. The van der Waals surface area contributed by atoms with Gasteiger partial charge in [-0.15, -0.1) is 0 Å². The van der Waals surface area contributed by atoms with Crippen molar-refractivity contribution in [2.45, 2.75) is 31.7 Å². The van der Waals surface area contributed by atoms with Gasteiger partial charge in [-0.3, -0.25) is 14.2 Å². The summed E-state index contributed by atoms with van der Waals surface area (Å²) >= 11 is 6.37. The molecular weight excluding hydrogens is 404 g/mol. The lowest BCUT2D eigenvalue weighted by Crippen LogP contribution is -2.31. The lowest BCUT2D eigenvalue weighted by atomic mass is 9.86. The number of hydrogen-bond donors (Lipinski definition) is 2. The first-order chi connectivity index (χ1) is 14.5. The van der Waals surface area contributed by atoms with Crippen LogP contribution >= 0.6 is 11.6 Å². The minimum absolute atomic E-state index is 0.00288. The van der Waals surface area contributed by atoms with Crippen molar-refractivity contribution < 1.29 is 9.90 Å². The first kappa shape index (κ1) is 20.1. The number of nitrogens with one attached hydrogen (secondary N) is 1. The Morgan fingerprint density at radius 2 is 2.07 bits per heavy atom. The summed E-state index contributed by atoms with van der Waals surface area (Å²) in [5, 5.41) is 12.9. The number of rotatable bonds is 5. The second-order valence-electron chi connectivity index (χ2n) is 7.39. The van der Waals surface area contributed by atoms with E-state index in [0.717, 1.165) is 18.4 Å². The second-order valence-corrected chi connectivity index (χ2v) is 7.80. The monoisotopic (exact) mass is 424 g/mol. The van der Waals surface area contributed by atoms with Gasteiger partial charge in [-0.25, -0.2) is 9.97 Å². The maximum Gasteiger partial charge on any atom is 0.306 e. The SMILES string of the molecule is O=C(O)C1CCCC(Nc2ncc(Cl)c(-c3cccc(-n4ccccc4=O)c3)n2)C1. The van der Waals surface area contributed by atoms with Crippen LogP contribution in [-0.2, 0) is 4.79 Å². The van der Waals surface area contributed by atoms with Gasteiger partial charge in [0.2, 0.25) is 5.95 Å². The number of anilines is 1. The van der Waals surface area contributed by atoms with Crippen molar-refractivity contribution in [3.8, 4) is 16.9 Å². The summed E-state index contributed by atoms with van der Waals surface area (Å²) in [5.74, 6) is -0.691. The van der Waals surface area contributed by atoms with Crippen LogP contribution in [0.25, 0.3) is 16.9 Å². The molecule has 1 aromatic carbocycles. The first-order valence-electron chi connectivity index (χ1n) is 9.81. The van der Waals surface area contributed by atoms with Gasteiger partial charge in [-0.05, 0) is 37.5 Å². The lowest BCUT2D eigenvalue weighted by Gasteiger charge is -2.27. The quantitative estimate of drug-likeness (QED) is 0.642. The van der Waals surface area contributed by atoms with Crippen LogP contribution in [0.3, 0.4) is 0 Å². The van der Waals surface area contributed by atoms with Crippen molar-refractivity contribution in [1.82, 2.24) is 14.5 Å². The summed E-state index contributed by atoms with van der Waals surface area (Å²) in [4.78, 5) is 32.3. The van der Waals surface area contributed by atoms with Crippen LogP contribution in [0.5, 0.6) is 0 Å². The molecule has 0 aliphatic heterocycles. The Labute approximate surface area is 178 Å². The topological polar surface area (TPSA) is 97.1 Å². The standard InChI is InChI=1S/C22H21ClN4O3/c23-18-13-24-22(25-16-7-3-6-15(11-16)21(29)30)26-20(18)14-5-4-8-17(12-14)27-10-2-1-9-19(27)28/h1-2,4-5,8-10,12-13,15-16H,3,6-7,11H2,(H,29,30)(H,24,25,26). The Kier molecular flexibility index (Phi) is 5.81. The van der Waals surface area contributed by atoms with E-state index < -0.39 is 5.97 Å². The van der Waals surface area contributed by atoms with E-state index >= 15 is 0 Å². The maximum absolute atomic E-state index is 12.1. The fraction of sp³-hybridized carbons (Fsp3) is 0.273. The molecule has 2 atom stereocenters. The molecule has 3 aromatic rings. The molecule has 2 unspecified atom stereocenters. The zero-order valence-corrected chi connectivity index (χ0v) is 16.9. The molecule has 7 nitrogen and oxygen atoms in total. The van der Waals surface area contributed by atoms with Gasteiger partial charge in [-0.1, -0.05) is 36.2 Å². The molecule has 0 radical (unpaired) electrons. The summed E-state index contributed by atoms with van der Waals surface area (Å²) < 4.78 is 1.55. The van der Waals surface area contributed by atoms with Gasteiger partial charge in [0.15, 0.2) is 0 Å². The van der Waals surface area contributed by atoms with Gasteiger partial charge in [0.1, 0.15) is 0 Å². The highest BCUT2D eigenvalue weighted by Gasteiger charge is 2.27. The van der Waals surface area contributed by atoms with Gasteiger partial charge in [0, 0.05) is 29.6 Å². The number of carbonyl (C=O) groups is 1. The number of hydrogen-bond acceptors (Lipinski definition) is 5. The third-order valence-electron chi connectivity index (χ3n) is 5.32. The number of carboxylic acids is 1. The van der Waals surface area contributed by atoms with E-state index in [1.165, 1.54) is 12.3 Å². The third kappa shape index (κ3) is 4.36. The van der Waals surface area contributed by atoms with Crippen molar-refractivity contribution >= 4 is 23.5 Å². The molecule has 8 heteroatoms. The molecule has 4 rings (SSSR count). The molecule has 2 heterocycles. The van der Waals surface area contributed by atoms with Crippen LogP contribution in [0.4, 0.5) is 5.95 Å². The van der Waals surface area contributed by atoms with Crippen molar-refractivity contribution in [3.05, 3.63) is 70.2 Å². The number of carboxylic acid groups (broad SMARTS) is 1. The molecule has 154 valence electrons. The number of halogens is 1. The Morgan fingerprint density at radius 1 is 1.20 bits per heavy atom. The van der Waals surface area contributed by atoms with E-state index in [1.807, 2.05) is 24.3 Å². The molecule has 2 N–H and O–H groups in total. The van der Waals surface area contributed by atoms with Crippen LogP contribution in [0.1, 0.15) is 25.7 Å². The van der Waals surface area contributed by atoms with E-state index in [-0.39, 0.29) is 17.5 Å². The largest absolute Gasteiger partial charge is 0.481 e. The average Bonchev–Trinajstić information content (AvgIpc) is 2.76. The molecule has 1 fully saturated rings. The summed E-state index contributed by atoms with van der Waals surface area (Å²) in [7, 11) is 0. The molecule has 0 amide bonds. The van der Waals surface area contributed by atoms with E-state index in [4.69, 9.17) is 11.6 Å². The molecule has 0 bridgehead atoms. The molecule has 1 aliphatic rings. The predicted octanol–water partition coefficient (Wildman–Crippen LogP) is 4.00. The molecule has 0 saturated heterocycles. The zero-order valence-electron chi connectivity index (χ0n) is 16.2. The van der Waals surface area contributed by atoms with Crippen LogP contribution in [0, 0.1) is 5.92 Å². The summed E-state index contributed by atoms with van der Waals surface area (Å²) in [6, 6.07) is 12.4. The van der Waals surface area contributed by atoms with Crippen molar-refractivity contribution in [2.75, 3.05) is 5.32 Å². The predicted molar refractivity (Wildman–Crippen MR) is 115 cm³/mol.